The molecule has 0 aromatic carbocycles. The third-order valence-electron chi connectivity index (χ3n) is 8.37. The van der Waals surface area contributed by atoms with E-state index in [0.29, 0.717) is 0 Å². The molecule has 0 radical (unpaired) electrons. The summed E-state index contributed by atoms with van der Waals surface area (Å²) in [5.41, 5.74) is 0. The molecule has 0 saturated carbocycles. The first kappa shape index (κ1) is 32.0. The van der Waals surface area contributed by atoms with E-state index in [4.69, 9.17) is 0 Å². The molecule has 0 spiro atoms. The zero-order chi connectivity index (χ0) is 23.9. The molecule has 0 rings (SSSR count). The molecule has 0 heteroatoms. The van der Waals surface area contributed by atoms with Gasteiger partial charge in [0.2, 0.25) is 0 Å². The SMILES string of the molecule is CCCCCCCCC(CCC)C(C)C(C)CC(CCCCCCC)CCCCCCC. The molecule has 0 aliphatic carbocycles. The zero-order valence-electron chi connectivity index (χ0n) is 23.9. The highest BCUT2D eigenvalue weighted by Gasteiger charge is 2.24. The summed E-state index contributed by atoms with van der Waals surface area (Å²) >= 11 is 0. The summed E-state index contributed by atoms with van der Waals surface area (Å²) in [5, 5.41) is 0. The Bertz CT molecular complexity index is 332. The summed E-state index contributed by atoms with van der Waals surface area (Å²) in [6, 6.07) is 0. The second kappa shape index (κ2) is 24.1. The molecule has 0 aliphatic heterocycles. The Hall–Kier alpha value is 0. The van der Waals surface area contributed by atoms with Crippen LogP contribution >= 0.6 is 0 Å². The lowest BCUT2D eigenvalue weighted by atomic mass is 9.74. The van der Waals surface area contributed by atoms with Crippen LogP contribution in [0.15, 0.2) is 0 Å². The summed E-state index contributed by atoms with van der Waals surface area (Å²) in [6.45, 7) is 14.6. The molecule has 0 aromatic heterocycles. The van der Waals surface area contributed by atoms with Crippen LogP contribution in [0.2, 0.25) is 0 Å². The Morgan fingerprint density at radius 3 is 1.25 bits per heavy atom. The second-order valence-corrected chi connectivity index (χ2v) is 11.4. The molecule has 0 fully saturated rings. The van der Waals surface area contributed by atoms with Crippen LogP contribution in [0, 0.1) is 23.7 Å². The van der Waals surface area contributed by atoms with Gasteiger partial charge in [0, 0.05) is 0 Å². The van der Waals surface area contributed by atoms with Gasteiger partial charge >= 0.3 is 0 Å². The first-order valence-corrected chi connectivity index (χ1v) is 15.6. The van der Waals surface area contributed by atoms with Crippen molar-refractivity contribution in [3.05, 3.63) is 0 Å². The monoisotopic (exact) mass is 451 g/mol. The molecular formula is C32H66. The molecular weight excluding hydrogens is 384 g/mol. The average Bonchev–Trinajstić information content (AvgIpc) is 2.79. The quantitative estimate of drug-likeness (QED) is 0.121. The van der Waals surface area contributed by atoms with E-state index < -0.39 is 0 Å². The zero-order valence-corrected chi connectivity index (χ0v) is 23.9. The largest absolute Gasteiger partial charge is 0.0654 e. The Morgan fingerprint density at radius 1 is 0.406 bits per heavy atom. The average molecular weight is 451 g/mol. The van der Waals surface area contributed by atoms with Crippen molar-refractivity contribution in [2.75, 3.05) is 0 Å². The Balaban J connectivity index is 4.55. The lowest BCUT2D eigenvalue weighted by molar-refractivity contribution is 0.190. The van der Waals surface area contributed by atoms with Gasteiger partial charge in [0.15, 0.2) is 0 Å². The highest BCUT2D eigenvalue weighted by Crippen LogP contribution is 2.35. The van der Waals surface area contributed by atoms with E-state index in [2.05, 4.69) is 41.5 Å². The molecule has 3 atom stereocenters. The van der Waals surface area contributed by atoms with Gasteiger partial charge in [-0.05, 0) is 30.1 Å². The van der Waals surface area contributed by atoms with Crippen molar-refractivity contribution in [3.63, 3.8) is 0 Å². The van der Waals surface area contributed by atoms with E-state index in [1.807, 2.05) is 0 Å². The van der Waals surface area contributed by atoms with Gasteiger partial charge in [0.05, 0.1) is 0 Å². The number of hydrogen-bond acceptors (Lipinski definition) is 0. The molecule has 32 heavy (non-hydrogen) atoms. The van der Waals surface area contributed by atoms with E-state index in [1.54, 1.807) is 0 Å². The van der Waals surface area contributed by atoms with Gasteiger partial charge in [-0.15, -0.1) is 0 Å². The normalized spacial score (nSPS) is 14.7. The summed E-state index contributed by atoms with van der Waals surface area (Å²) < 4.78 is 0. The number of unbranched alkanes of at least 4 members (excludes halogenated alkanes) is 13. The summed E-state index contributed by atoms with van der Waals surface area (Å²) in [6.07, 6.45) is 31.9. The van der Waals surface area contributed by atoms with Crippen LogP contribution in [-0.2, 0) is 0 Å². The molecule has 0 nitrogen and oxygen atoms in total. The summed E-state index contributed by atoms with van der Waals surface area (Å²) in [4.78, 5) is 0. The minimum Gasteiger partial charge on any atom is -0.0654 e. The minimum atomic E-state index is 0.905. The first-order valence-electron chi connectivity index (χ1n) is 15.6. The Kier molecular flexibility index (Phi) is 24.1. The molecule has 0 saturated heterocycles. The van der Waals surface area contributed by atoms with Crippen molar-refractivity contribution < 1.29 is 0 Å². The summed E-state index contributed by atoms with van der Waals surface area (Å²) in [5.74, 6) is 3.78. The van der Waals surface area contributed by atoms with Crippen LogP contribution in [0.4, 0.5) is 0 Å². The molecule has 0 bridgehead atoms. The van der Waals surface area contributed by atoms with Crippen LogP contribution in [0.3, 0.4) is 0 Å². The number of rotatable bonds is 25. The number of hydrogen-bond donors (Lipinski definition) is 0. The van der Waals surface area contributed by atoms with Gasteiger partial charge in [-0.3, -0.25) is 0 Å². The fourth-order valence-corrected chi connectivity index (χ4v) is 5.89. The maximum atomic E-state index is 2.61. The van der Waals surface area contributed by atoms with E-state index >= 15 is 0 Å². The van der Waals surface area contributed by atoms with Gasteiger partial charge in [0.1, 0.15) is 0 Å². The molecule has 0 amide bonds. The smallest absolute Gasteiger partial charge is 0.0386 e. The van der Waals surface area contributed by atoms with Gasteiger partial charge in [-0.25, -0.2) is 0 Å². The second-order valence-electron chi connectivity index (χ2n) is 11.4. The van der Waals surface area contributed by atoms with Crippen LogP contribution < -0.4 is 0 Å². The van der Waals surface area contributed by atoms with Crippen molar-refractivity contribution in [2.45, 2.75) is 183 Å². The fraction of sp³-hybridized carbons (Fsp3) is 1.00. The van der Waals surface area contributed by atoms with E-state index in [9.17, 15) is 0 Å². The van der Waals surface area contributed by atoms with Crippen LogP contribution in [0.1, 0.15) is 183 Å². The van der Waals surface area contributed by atoms with Gasteiger partial charge in [-0.1, -0.05) is 176 Å². The van der Waals surface area contributed by atoms with E-state index in [1.165, 1.54) is 141 Å². The van der Waals surface area contributed by atoms with Crippen LogP contribution in [0.5, 0.6) is 0 Å². The summed E-state index contributed by atoms with van der Waals surface area (Å²) in [7, 11) is 0. The molecule has 0 aliphatic rings. The third-order valence-corrected chi connectivity index (χ3v) is 8.37. The predicted molar refractivity (Wildman–Crippen MR) is 150 cm³/mol. The van der Waals surface area contributed by atoms with Crippen molar-refractivity contribution in [2.24, 2.45) is 23.7 Å². The molecule has 0 aromatic rings. The van der Waals surface area contributed by atoms with Crippen LogP contribution in [0.25, 0.3) is 0 Å². The lowest BCUT2D eigenvalue weighted by Crippen LogP contribution is -2.22. The first-order chi connectivity index (χ1) is 15.6. The third kappa shape index (κ3) is 18.4. The van der Waals surface area contributed by atoms with Crippen molar-refractivity contribution in [1.82, 2.24) is 0 Å². The maximum Gasteiger partial charge on any atom is -0.0386 e. The van der Waals surface area contributed by atoms with E-state index in [-0.39, 0.29) is 0 Å². The highest BCUT2D eigenvalue weighted by atomic mass is 14.3. The Labute approximate surface area is 206 Å². The molecule has 0 N–H and O–H groups in total. The minimum absolute atomic E-state index is 0.905. The molecule has 194 valence electrons. The maximum absolute atomic E-state index is 2.61. The topological polar surface area (TPSA) is 0 Å². The van der Waals surface area contributed by atoms with Crippen molar-refractivity contribution >= 4 is 0 Å². The van der Waals surface area contributed by atoms with Crippen molar-refractivity contribution in [3.8, 4) is 0 Å². The van der Waals surface area contributed by atoms with Gasteiger partial charge < -0.3 is 0 Å². The predicted octanol–water partition coefficient (Wildman–Crippen LogP) is 12.2. The molecule has 0 heterocycles. The van der Waals surface area contributed by atoms with E-state index in [0.717, 1.165) is 23.7 Å². The standard InChI is InChI=1S/C32H66/c1-7-11-14-17-20-23-27-32(24-10-4)30(6)29(5)28-31(25-21-18-15-12-8-2)26-22-19-16-13-9-3/h29-32H,7-28H2,1-6H3. The Morgan fingerprint density at radius 2 is 0.812 bits per heavy atom. The van der Waals surface area contributed by atoms with Gasteiger partial charge in [-0.2, -0.15) is 0 Å². The van der Waals surface area contributed by atoms with Crippen LogP contribution in [-0.4, -0.2) is 0 Å². The van der Waals surface area contributed by atoms with Gasteiger partial charge in [0.25, 0.3) is 0 Å². The highest BCUT2D eigenvalue weighted by molar-refractivity contribution is 4.75. The fourth-order valence-electron chi connectivity index (χ4n) is 5.89. The van der Waals surface area contributed by atoms with Crippen molar-refractivity contribution in [1.29, 1.82) is 0 Å². The molecule has 3 unspecified atom stereocenters. The lowest BCUT2D eigenvalue weighted by Gasteiger charge is -2.32.